The highest BCUT2D eigenvalue weighted by Crippen LogP contribution is 2.01. The lowest BCUT2D eigenvalue weighted by Crippen LogP contribution is -1.96. The molecule has 0 amide bonds. The third kappa shape index (κ3) is 5.15. The van der Waals surface area contributed by atoms with Crippen molar-refractivity contribution in [1.29, 1.82) is 0 Å². The number of aromatic amines is 1. The molecule has 4 nitrogen and oxygen atoms in total. The molecule has 0 radical (unpaired) electrons. The largest absolute Gasteiger partial charge is 0.377 e. The first-order chi connectivity index (χ1) is 7.33. The van der Waals surface area contributed by atoms with Gasteiger partial charge in [-0.2, -0.15) is 0 Å². The second-order valence-corrected chi connectivity index (χ2v) is 3.37. The van der Waals surface area contributed by atoms with E-state index in [2.05, 4.69) is 9.97 Å². The molecule has 1 aromatic heterocycles. The number of unbranched alkanes of at least 4 members (excludes halogenated alkanes) is 1. The van der Waals surface area contributed by atoms with E-state index < -0.39 is 0 Å². The van der Waals surface area contributed by atoms with E-state index in [1.807, 2.05) is 13.1 Å². The van der Waals surface area contributed by atoms with E-state index in [0.717, 1.165) is 30.8 Å². The van der Waals surface area contributed by atoms with Gasteiger partial charge in [0.1, 0.15) is 11.8 Å². The van der Waals surface area contributed by atoms with Gasteiger partial charge in [-0.1, -0.05) is 0 Å². The molecule has 0 spiro atoms. The standard InChI is InChI=1S/C11H16N2O2/c1-10-9-12-11(13-10)5-2-3-7-15-8-4-6-14/h4,9H,2-3,5,7-8H2,1H3,(H,12,13). The zero-order valence-corrected chi connectivity index (χ0v) is 8.95. The van der Waals surface area contributed by atoms with E-state index in [1.54, 1.807) is 5.94 Å². The van der Waals surface area contributed by atoms with Crippen molar-refractivity contribution in [3.05, 3.63) is 23.8 Å². The van der Waals surface area contributed by atoms with E-state index in [1.165, 1.54) is 6.08 Å². The van der Waals surface area contributed by atoms with Gasteiger partial charge in [0, 0.05) is 31.0 Å². The second kappa shape index (κ2) is 6.98. The normalized spacial score (nSPS) is 9.93. The number of rotatable bonds is 7. The van der Waals surface area contributed by atoms with Crippen LogP contribution in [-0.2, 0) is 16.0 Å². The Morgan fingerprint density at radius 1 is 1.60 bits per heavy atom. The number of nitrogens with zero attached hydrogens (tertiary/aromatic N) is 1. The number of hydrogen-bond donors (Lipinski definition) is 1. The fraction of sp³-hybridized carbons (Fsp3) is 0.545. The number of H-pyrrole nitrogens is 1. The molecule has 0 atom stereocenters. The Bertz CT molecular complexity index is 327. The molecule has 4 heteroatoms. The molecule has 15 heavy (non-hydrogen) atoms. The Hall–Kier alpha value is -1.38. The first kappa shape index (κ1) is 11.7. The molecule has 0 unspecified atom stereocenters. The molecule has 0 aliphatic carbocycles. The van der Waals surface area contributed by atoms with Gasteiger partial charge in [-0.25, -0.2) is 9.78 Å². The van der Waals surface area contributed by atoms with Crippen molar-refractivity contribution < 1.29 is 9.53 Å². The number of imidazole rings is 1. The quantitative estimate of drug-likeness (QED) is 0.545. The van der Waals surface area contributed by atoms with Crippen molar-refractivity contribution in [2.45, 2.75) is 26.2 Å². The van der Waals surface area contributed by atoms with Crippen LogP contribution in [0.25, 0.3) is 0 Å². The van der Waals surface area contributed by atoms with Crippen LogP contribution in [0.2, 0.25) is 0 Å². The van der Waals surface area contributed by atoms with Gasteiger partial charge in [0.25, 0.3) is 0 Å². The van der Waals surface area contributed by atoms with Crippen LogP contribution in [0.4, 0.5) is 0 Å². The van der Waals surface area contributed by atoms with E-state index in [0.29, 0.717) is 13.2 Å². The molecule has 1 rings (SSSR count). The predicted octanol–water partition coefficient (Wildman–Crippen LogP) is 1.45. The van der Waals surface area contributed by atoms with Crippen LogP contribution in [0.1, 0.15) is 24.4 Å². The van der Waals surface area contributed by atoms with Gasteiger partial charge in [0.15, 0.2) is 0 Å². The van der Waals surface area contributed by atoms with Crippen LogP contribution in [0.3, 0.4) is 0 Å². The lowest BCUT2D eigenvalue weighted by atomic mass is 10.2. The topological polar surface area (TPSA) is 55.0 Å². The molecule has 82 valence electrons. The zero-order valence-electron chi connectivity index (χ0n) is 8.95. The smallest absolute Gasteiger partial charge is 0.122 e. The van der Waals surface area contributed by atoms with Crippen molar-refractivity contribution >= 4 is 5.94 Å². The van der Waals surface area contributed by atoms with Gasteiger partial charge in [0.05, 0.1) is 6.61 Å². The lowest BCUT2D eigenvalue weighted by molar-refractivity contribution is 0.158. The summed E-state index contributed by atoms with van der Waals surface area (Å²) in [5.41, 5.74) is 1.09. The molecule has 0 aliphatic rings. The van der Waals surface area contributed by atoms with Gasteiger partial charge < -0.3 is 9.72 Å². The molecule has 0 aliphatic heterocycles. The van der Waals surface area contributed by atoms with Crippen molar-refractivity contribution in [3.8, 4) is 0 Å². The summed E-state index contributed by atoms with van der Waals surface area (Å²) in [4.78, 5) is 17.2. The van der Waals surface area contributed by atoms with Crippen molar-refractivity contribution in [2.24, 2.45) is 0 Å². The van der Waals surface area contributed by atoms with Gasteiger partial charge in [-0.15, -0.1) is 0 Å². The number of aromatic nitrogens is 2. The fourth-order valence-electron chi connectivity index (χ4n) is 1.27. The molecule has 0 fully saturated rings. The highest BCUT2D eigenvalue weighted by Gasteiger charge is 1.96. The summed E-state index contributed by atoms with van der Waals surface area (Å²) >= 11 is 0. The van der Waals surface area contributed by atoms with Gasteiger partial charge >= 0.3 is 0 Å². The fourth-order valence-corrected chi connectivity index (χ4v) is 1.27. The van der Waals surface area contributed by atoms with Gasteiger partial charge in [-0.05, 0) is 19.8 Å². The molecular weight excluding hydrogens is 192 g/mol. The molecule has 0 aromatic carbocycles. The van der Waals surface area contributed by atoms with E-state index in [4.69, 9.17) is 4.74 Å². The summed E-state index contributed by atoms with van der Waals surface area (Å²) in [6, 6.07) is 0. The van der Waals surface area contributed by atoms with Crippen molar-refractivity contribution in [2.75, 3.05) is 13.2 Å². The number of carbonyl (C=O) groups excluding carboxylic acids is 1. The maximum Gasteiger partial charge on any atom is 0.122 e. The van der Waals surface area contributed by atoms with Crippen LogP contribution in [-0.4, -0.2) is 29.1 Å². The van der Waals surface area contributed by atoms with Crippen LogP contribution in [0, 0.1) is 6.92 Å². The Labute approximate surface area is 89.4 Å². The van der Waals surface area contributed by atoms with Crippen LogP contribution in [0.5, 0.6) is 0 Å². The zero-order chi connectivity index (χ0) is 10.9. The first-order valence-electron chi connectivity index (χ1n) is 5.10. The molecule has 0 bridgehead atoms. The third-order valence-electron chi connectivity index (χ3n) is 1.99. The van der Waals surface area contributed by atoms with E-state index in [9.17, 15) is 4.79 Å². The minimum atomic E-state index is 0.364. The highest BCUT2D eigenvalue weighted by molar-refractivity contribution is 5.44. The molecule has 1 aromatic rings. The summed E-state index contributed by atoms with van der Waals surface area (Å²) in [7, 11) is 0. The van der Waals surface area contributed by atoms with Crippen LogP contribution < -0.4 is 0 Å². The third-order valence-corrected chi connectivity index (χ3v) is 1.99. The second-order valence-electron chi connectivity index (χ2n) is 3.37. The molecule has 1 N–H and O–H groups in total. The number of hydrogen-bond acceptors (Lipinski definition) is 3. The summed E-state index contributed by atoms with van der Waals surface area (Å²) in [5, 5.41) is 0. The maximum atomic E-state index is 9.81. The Kier molecular flexibility index (Phi) is 5.44. The molecular formula is C11H16N2O2. The van der Waals surface area contributed by atoms with Crippen LogP contribution in [0.15, 0.2) is 12.3 Å². The maximum absolute atomic E-state index is 9.81. The van der Waals surface area contributed by atoms with Crippen molar-refractivity contribution in [1.82, 2.24) is 9.97 Å². The summed E-state index contributed by atoms with van der Waals surface area (Å²) in [5.74, 6) is 2.70. The SMILES string of the molecule is Cc1cnc(CCCCOCC=C=O)[nH]1. The Balaban J connectivity index is 2.00. The number of ether oxygens (including phenoxy) is 1. The minimum Gasteiger partial charge on any atom is -0.377 e. The minimum absolute atomic E-state index is 0.364. The summed E-state index contributed by atoms with van der Waals surface area (Å²) in [6.45, 7) is 3.03. The predicted molar refractivity (Wildman–Crippen MR) is 57.3 cm³/mol. The van der Waals surface area contributed by atoms with Crippen molar-refractivity contribution in [3.63, 3.8) is 0 Å². The van der Waals surface area contributed by atoms with E-state index in [-0.39, 0.29) is 0 Å². The Morgan fingerprint density at radius 3 is 3.13 bits per heavy atom. The molecule has 1 heterocycles. The lowest BCUT2D eigenvalue weighted by Gasteiger charge is -1.99. The van der Waals surface area contributed by atoms with Crippen LogP contribution >= 0.6 is 0 Å². The number of aryl methyl sites for hydroxylation is 2. The average Bonchev–Trinajstić information content (AvgIpc) is 2.63. The highest BCUT2D eigenvalue weighted by atomic mass is 16.5. The van der Waals surface area contributed by atoms with Gasteiger partial charge in [0.2, 0.25) is 0 Å². The average molecular weight is 208 g/mol. The summed E-state index contributed by atoms with van der Waals surface area (Å²) < 4.78 is 5.17. The molecule has 0 saturated carbocycles. The monoisotopic (exact) mass is 208 g/mol. The first-order valence-corrected chi connectivity index (χ1v) is 5.10. The number of nitrogens with one attached hydrogen (secondary N) is 1. The summed E-state index contributed by atoms with van der Waals surface area (Å²) in [6.07, 6.45) is 6.14. The van der Waals surface area contributed by atoms with E-state index >= 15 is 0 Å². The Morgan fingerprint density at radius 2 is 2.47 bits per heavy atom. The molecule has 0 saturated heterocycles. The van der Waals surface area contributed by atoms with Gasteiger partial charge in [-0.3, -0.25) is 0 Å².